The Morgan fingerprint density at radius 1 is 0.833 bits per heavy atom. The number of aliphatic carboxylic acids is 1. The molecule has 0 bridgehead atoms. The van der Waals surface area contributed by atoms with Crippen LogP contribution in [-0.2, 0) is 14.3 Å². The minimum Gasteiger partial charge on any atom is -0.481 e. The Bertz CT molecular complexity index is 1220. The van der Waals surface area contributed by atoms with Crippen molar-refractivity contribution in [2.75, 3.05) is 19.6 Å². The van der Waals surface area contributed by atoms with E-state index in [1.165, 1.54) is 95.8 Å². The maximum absolute atomic E-state index is 13.1. The van der Waals surface area contributed by atoms with Crippen molar-refractivity contribution >= 4 is 11.9 Å². The molecular formula is C43H73NO4. The van der Waals surface area contributed by atoms with Crippen LogP contribution in [0.4, 0.5) is 0 Å². The molecule has 10 atom stereocenters. The second kappa shape index (κ2) is 13.3. The summed E-state index contributed by atoms with van der Waals surface area (Å²) in [7, 11) is 0. The zero-order valence-electron chi connectivity index (χ0n) is 32.8. The van der Waals surface area contributed by atoms with Gasteiger partial charge in [-0.3, -0.25) is 9.59 Å². The van der Waals surface area contributed by atoms with Crippen LogP contribution in [0, 0.1) is 62.1 Å². The number of rotatable bonds is 12. The number of carboxylic acid groups (broad SMARTS) is 1. The number of allylic oxidation sites excluding steroid dienone is 1. The third-order valence-corrected chi connectivity index (χ3v) is 16.6. The van der Waals surface area contributed by atoms with Crippen molar-refractivity contribution < 1.29 is 19.4 Å². The van der Waals surface area contributed by atoms with Crippen molar-refractivity contribution in [1.82, 2.24) is 4.90 Å². The molecule has 274 valence electrons. The summed E-state index contributed by atoms with van der Waals surface area (Å²) >= 11 is 0. The van der Waals surface area contributed by atoms with E-state index in [0.29, 0.717) is 34.0 Å². The number of fused-ring (bicyclic) bond motifs is 7. The number of carbonyl (C=O) groups excluding carboxylic acids is 1. The first-order chi connectivity index (χ1) is 22.3. The summed E-state index contributed by atoms with van der Waals surface area (Å²) in [5.41, 5.74) is 1.50. The van der Waals surface area contributed by atoms with Gasteiger partial charge in [0.25, 0.3) is 0 Å². The van der Waals surface area contributed by atoms with Crippen LogP contribution in [0.3, 0.4) is 0 Å². The molecule has 5 nitrogen and oxygen atoms in total. The molecule has 1 N–H and O–H groups in total. The van der Waals surface area contributed by atoms with Crippen LogP contribution in [0.5, 0.6) is 0 Å². The molecule has 1 unspecified atom stereocenters. The summed E-state index contributed by atoms with van der Waals surface area (Å²) in [5, 5.41) is 9.60. The molecule has 0 radical (unpaired) electrons. The van der Waals surface area contributed by atoms with Gasteiger partial charge in [-0.2, -0.15) is 0 Å². The van der Waals surface area contributed by atoms with Crippen molar-refractivity contribution in [1.29, 1.82) is 0 Å². The highest BCUT2D eigenvalue weighted by Gasteiger charge is 2.71. The highest BCUT2D eigenvalue weighted by Crippen LogP contribution is 2.78. The second-order valence-corrected chi connectivity index (χ2v) is 19.8. The van der Waals surface area contributed by atoms with E-state index >= 15 is 0 Å². The summed E-state index contributed by atoms with van der Waals surface area (Å²) in [4.78, 5) is 27.6. The van der Waals surface area contributed by atoms with Crippen molar-refractivity contribution in [3.63, 3.8) is 0 Å². The lowest BCUT2D eigenvalue weighted by atomic mass is 9.32. The molecule has 5 fully saturated rings. The molecule has 5 aliphatic carbocycles. The maximum Gasteiger partial charge on any atom is 0.309 e. The van der Waals surface area contributed by atoms with Crippen molar-refractivity contribution in [3.8, 4) is 0 Å². The van der Waals surface area contributed by atoms with Gasteiger partial charge in [-0.05, 0) is 175 Å². The molecule has 0 aliphatic heterocycles. The van der Waals surface area contributed by atoms with Crippen LogP contribution in [0.1, 0.15) is 159 Å². The fraction of sp³-hybridized carbons (Fsp3) is 0.907. The van der Waals surface area contributed by atoms with Gasteiger partial charge in [-0.25, -0.2) is 0 Å². The Hall–Kier alpha value is -1.36. The van der Waals surface area contributed by atoms with Crippen molar-refractivity contribution in [2.45, 2.75) is 165 Å². The second-order valence-electron chi connectivity index (χ2n) is 19.8. The summed E-state index contributed by atoms with van der Waals surface area (Å²) in [6.45, 7) is 31.4. The number of carboxylic acids is 1. The molecule has 0 saturated heterocycles. The normalized spacial score (nSPS) is 41.9. The van der Waals surface area contributed by atoms with Crippen LogP contribution >= 0.6 is 0 Å². The topological polar surface area (TPSA) is 66.8 Å². The van der Waals surface area contributed by atoms with Crippen LogP contribution in [0.2, 0.25) is 0 Å². The average molecular weight is 668 g/mol. The van der Waals surface area contributed by atoms with Gasteiger partial charge >= 0.3 is 11.9 Å². The van der Waals surface area contributed by atoms with Gasteiger partial charge in [0, 0.05) is 5.41 Å². The van der Waals surface area contributed by atoms with E-state index in [1.807, 2.05) is 0 Å². The first-order valence-electron chi connectivity index (χ1n) is 20.1. The standard InChI is InChI=1S/C43H73NO4/c1-12-25-44(26-13-2)27-24-43-21-16-30(29(3)4)36(43)31-14-15-33-40(9)19-18-34(48-35(45)28-38(5,6)37(46)47)39(7,8)32(40)17-20-42(33,11)41(31,10)22-23-43/h30-34,36H,3,12-28H2,1-2,4-11H3,(H,46,47)/t30-,31+,32-,33+,34-,36+,40-,41+,42?,43+/m0/s1. The molecule has 0 aromatic rings. The Labute approximate surface area is 294 Å². The summed E-state index contributed by atoms with van der Waals surface area (Å²) in [6, 6.07) is 0. The zero-order valence-corrected chi connectivity index (χ0v) is 32.8. The van der Waals surface area contributed by atoms with Crippen LogP contribution in [0.15, 0.2) is 12.2 Å². The molecule has 5 heteroatoms. The van der Waals surface area contributed by atoms with E-state index in [9.17, 15) is 14.7 Å². The van der Waals surface area contributed by atoms with Gasteiger partial charge in [0.15, 0.2) is 0 Å². The Balaban J connectivity index is 1.39. The molecule has 0 spiro atoms. The van der Waals surface area contributed by atoms with Gasteiger partial charge in [0.05, 0.1) is 11.8 Å². The van der Waals surface area contributed by atoms with E-state index in [2.05, 4.69) is 66.9 Å². The number of carbonyl (C=O) groups is 2. The quantitative estimate of drug-likeness (QED) is 0.166. The van der Waals surface area contributed by atoms with E-state index in [-0.39, 0.29) is 29.3 Å². The molecule has 5 aliphatic rings. The Morgan fingerprint density at radius 2 is 1.50 bits per heavy atom. The maximum atomic E-state index is 13.1. The zero-order chi connectivity index (χ0) is 35.5. The molecule has 48 heavy (non-hydrogen) atoms. The number of ether oxygens (including phenoxy) is 1. The minimum absolute atomic E-state index is 0.0830. The summed E-state index contributed by atoms with van der Waals surface area (Å²) in [5.74, 6) is 2.06. The molecule has 0 aromatic heterocycles. The third-order valence-electron chi connectivity index (χ3n) is 16.6. The molecule has 0 aromatic carbocycles. The van der Waals surface area contributed by atoms with Gasteiger partial charge in [0.2, 0.25) is 0 Å². The lowest BCUT2D eigenvalue weighted by Crippen LogP contribution is -2.66. The molecule has 5 saturated carbocycles. The van der Waals surface area contributed by atoms with Crippen molar-refractivity contribution in [3.05, 3.63) is 12.2 Å². The lowest BCUT2D eigenvalue weighted by Gasteiger charge is -2.73. The molecular weight excluding hydrogens is 594 g/mol. The molecule has 0 heterocycles. The monoisotopic (exact) mass is 668 g/mol. The summed E-state index contributed by atoms with van der Waals surface area (Å²) < 4.78 is 6.20. The number of nitrogens with zero attached hydrogens (tertiary/aromatic N) is 1. The van der Waals surface area contributed by atoms with Gasteiger partial charge in [-0.1, -0.05) is 60.6 Å². The first kappa shape index (κ1) is 37.9. The molecule has 5 rings (SSSR count). The highest BCUT2D eigenvalue weighted by molar-refractivity contribution is 5.81. The lowest BCUT2D eigenvalue weighted by molar-refractivity contribution is -0.250. The van der Waals surface area contributed by atoms with Crippen molar-refractivity contribution in [2.24, 2.45) is 62.1 Å². The number of hydrogen-bond acceptors (Lipinski definition) is 4. The van der Waals surface area contributed by atoms with Gasteiger partial charge in [0.1, 0.15) is 6.10 Å². The Kier molecular flexibility index (Phi) is 10.5. The van der Waals surface area contributed by atoms with E-state index in [0.717, 1.165) is 24.7 Å². The van der Waals surface area contributed by atoms with Gasteiger partial charge in [-0.15, -0.1) is 0 Å². The van der Waals surface area contributed by atoms with Crippen LogP contribution in [-0.4, -0.2) is 47.7 Å². The van der Waals surface area contributed by atoms with Gasteiger partial charge < -0.3 is 14.7 Å². The minimum atomic E-state index is -1.12. The van der Waals surface area contributed by atoms with Crippen LogP contribution in [0.25, 0.3) is 0 Å². The number of hydrogen-bond donors (Lipinski definition) is 1. The smallest absolute Gasteiger partial charge is 0.309 e. The summed E-state index contributed by atoms with van der Waals surface area (Å²) in [6.07, 6.45) is 16.2. The fourth-order valence-electron chi connectivity index (χ4n) is 13.9. The highest BCUT2D eigenvalue weighted by atomic mass is 16.5. The largest absolute Gasteiger partial charge is 0.481 e. The number of esters is 1. The predicted molar refractivity (Wildman–Crippen MR) is 197 cm³/mol. The van der Waals surface area contributed by atoms with E-state index in [4.69, 9.17) is 4.74 Å². The Morgan fingerprint density at radius 3 is 2.10 bits per heavy atom. The predicted octanol–water partition coefficient (Wildman–Crippen LogP) is 10.6. The SMILES string of the molecule is C=C(C)[C@@H]1CC[C@]2(CCN(CCC)CCC)CC[C@]3(C)[C@H](CC[C@H]4C3(C)CC[C@H]3C(C)(C)[C@@H](OC(=O)CC(C)(C)C(=O)O)CC[C@@]34C)[C@@H]12. The molecule has 0 amide bonds. The van der Waals surface area contributed by atoms with E-state index in [1.54, 1.807) is 13.8 Å². The first-order valence-corrected chi connectivity index (χ1v) is 20.1. The van der Waals surface area contributed by atoms with Crippen LogP contribution < -0.4 is 0 Å². The fourth-order valence-corrected chi connectivity index (χ4v) is 13.9. The third kappa shape index (κ3) is 6.04. The van der Waals surface area contributed by atoms with E-state index < -0.39 is 11.4 Å². The average Bonchev–Trinajstić information content (AvgIpc) is 3.38.